The van der Waals surface area contributed by atoms with Crippen LogP contribution in [-0.4, -0.2) is 19.6 Å². The maximum absolute atomic E-state index is 10.9. The molecule has 0 unspecified atom stereocenters. The second kappa shape index (κ2) is 6.06. The van der Waals surface area contributed by atoms with E-state index in [0.717, 1.165) is 12.2 Å². The van der Waals surface area contributed by atoms with Crippen LogP contribution in [0.1, 0.15) is 18.9 Å². The molecule has 1 amide bonds. The van der Waals surface area contributed by atoms with Crippen LogP contribution in [0.2, 0.25) is 0 Å². The van der Waals surface area contributed by atoms with E-state index in [4.69, 9.17) is 4.74 Å². The topological polar surface area (TPSA) is 38.3 Å². The van der Waals surface area contributed by atoms with E-state index in [1.54, 1.807) is 7.05 Å². The van der Waals surface area contributed by atoms with Crippen LogP contribution in [0.5, 0.6) is 5.75 Å². The third kappa shape index (κ3) is 4.02. The number of carbonyl (C=O) groups excluding carboxylic acids is 1. The van der Waals surface area contributed by atoms with E-state index in [2.05, 4.69) is 18.3 Å². The van der Waals surface area contributed by atoms with Crippen LogP contribution in [0.4, 0.5) is 0 Å². The smallest absolute Gasteiger partial charge is 0.223 e. The summed E-state index contributed by atoms with van der Waals surface area (Å²) in [6.07, 6.45) is 1.39. The standard InChI is InChI=1S/C12H17NO2/c1-3-10-5-4-6-11(9-10)15-8-7-12(14)13-2/h4-6,9H,3,7-8H2,1-2H3,(H,13,14). The van der Waals surface area contributed by atoms with Gasteiger partial charge in [0.25, 0.3) is 0 Å². The number of aryl methyl sites for hydroxylation is 1. The zero-order valence-electron chi connectivity index (χ0n) is 9.25. The molecule has 82 valence electrons. The Hall–Kier alpha value is -1.51. The molecule has 0 saturated carbocycles. The Balaban J connectivity index is 2.40. The minimum atomic E-state index is 0.00152. The number of carbonyl (C=O) groups is 1. The van der Waals surface area contributed by atoms with Gasteiger partial charge >= 0.3 is 0 Å². The predicted octanol–water partition coefficient (Wildman–Crippen LogP) is 1.76. The summed E-state index contributed by atoms with van der Waals surface area (Å²) in [5.74, 6) is 0.833. The van der Waals surface area contributed by atoms with Crippen LogP contribution in [0.3, 0.4) is 0 Å². The Morgan fingerprint density at radius 1 is 1.47 bits per heavy atom. The van der Waals surface area contributed by atoms with Gasteiger partial charge in [0.2, 0.25) is 5.91 Å². The van der Waals surface area contributed by atoms with Gasteiger partial charge in [-0.2, -0.15) is 0 Å². The molecular formula is C12H17NO2. The van der Waals surface area contributed by atoms with E-state index in [1.165, 1.54) is 5.56 Å². The molecule has 0 aliphatic carbocycles. The highest BCUT2D eigenvalue weighted by molar-refractivity contribution is 5.75. The van der Waals surface area contributed by atoms with Crippen LogP contribution >= 0.6 is 0 Å². The van der Waals surface area contributed by atoms with Gasteiger partial charge in [-0.05, 0) is 24.1 Å². The zero-order valence-corrected chi connectivity index (χ0v) is 9.25. The van der Waals surface area contributed by atoms with E-state index in [9.17, 15) is 4.79 Å². The maximum atomic E-state index is 10.9. The molecule has 0 fully saturated rings. The second-order valence-corrected chi connectivity index (χ2v) is 3.27. The molecule has 0 spiro atoms. The van der Waals surface area contributed by atoms with Gasteiger partial charge in [-0.15, -0.1) is 0 Å². The lowest BCUT2D eigenvalue weighted by Crippen LogP contribution is -2.20. The monoisotopic (exact) mass is 207 g/mol. The second-order valence-electron chi connectivity index (χ2n) is 3.27. The molecule has 0 radical (unpaired) electrons. The lowest BCUT2D eigenvalue weighted by molar-refractivity contribution is -0.121. The highest BCUT2D eigenvalue weighted by Crippen LogP contribution is 2.13. The summed E-state index contributed by atoms with van der Waals surface area (Å²) >= 11 is 0. The van der Waals surface area contributed by atoms with Crippen molar-refractivity contribution in [3.05, 3.63) is 29.8 Å². The molecule has 0 aromatic heterocycles. The number of amides is 1. The number of hydrogen-bond donors (Lipinski definition) is 1. The third-order valence-corrected chi connectivity index (χ3v) is 2.18. The van der Waals surface area contributed by atoms with E-state index in [1.807, 2.05) is 18.2 Å². The molecule has 3 nitrogen and oxygen atoms in total. The van der Waals surface area contributed by atoms with E-state index >= 15 is 0 Å². The van der Waals surface area contributed by atoms with Gasteiger partial charge in [0.1, 0.15) is 5.75 Å². The molecule has 1 rings (SSSR count). The van der Waals surface area contributed by atoms with Crippen molar-refractivity contribution in [3.8, 4) is 5.75 Å². The fraction of sp³-hybridized carbons (Fsp3) is 0.417. The molecule has 1 aromatic rings. The van der Waals surface area contributed by atoms with Crippen molar-refractivity contribution in [3.63, 3.8) is 0 Å². The highest BCUT2D eigenvalue weighted by atomic mass is 16.5. The van der Waals surface area contributed by atoms with Crippen molar-refractivity contribution in [1.29, 1.82) is 0 Å². The van der Waals surface area contributed by atoms with Gasteiger partial charge in [0, 0.05) is 7.05 Å². The van der Waals surface area contributed by atoms with Crippen LogP contribution in [-0.2, 0) is 11.2 Å². The van der Waals surface area contributed by atoms with Crippen molar-refractivity contribution in [2.75, 3.05) is 13.7 Å². The average Bonchev–Trinajstić information content (AvgIpc) is 2.29. The minimum absolute atomic E-state index is 0.00152. The van der Waals surface area contributed by atoms with Gasteiger partial charge < -0.3 is 10.1 Å². The fourth-order valence-electron chi connectivity index (χ4n) is 1.24. The summed E-state index contributed by atoms with van der Waals surface area (Å²) in [5.41, 5.74) is 1.24. The Morgan fingerprint density at radius 3 is 2.93 bits per heavy atom. The summed E-state index contributed by atoms with van der Waals surface area (Å²) in [6, 6.07) is 7.94. The van der Waals surface area contributed by atoms with Crippen LogP contribution < -0.4 is 10.1 Å². The first-order chi connectivity index (χ1) is 7.26. The molecule has 1 N–H and O–H groups in total. The Labute approximate surface area is 90.4 Å². The Kier molecular flexibility index (Phi) is 4.68. The third-order valence-electron chi connectivity index (χ3n) is 2.18. The molecule has 0 aliphatic heterocycles. The molecule has 0 heterocycles. The molecule has 0 saturated heterocycles. The quantitative estimate of drug-likeness (QED) is 0.799. The first-order valence-corrected chi connectivity index (χ1v) is 5.18. The largest absolute Gasteiger partial charge is 0.493 e. The van der Waals surface area contributed by atoms with Crippen molar-refractivity contribution < 1.29 is 9.53 Å². The lowest BCUT2D eigenvalue weighted by Gasteiger charge is -2.06. The molecule has 1 aromatic carbocycles. The SMILES string of the molecule is CCc1cccc(OCCC(=O)NC)c1. The molecule has 0 atom stereocenters. The highest BCUT2D eigenvalue weighted by Gasteiger charge is 1.99. The minimum Gasteiger partial charge on any atom is -0.493 e. The number of hydrogen-bond acceptors (Lipinski definition) is 2. The van der Waals surface area contributed by atoms with E-state index in [-0.39, 0.29) is 5.91 Å². The number of rotatable bonds is 5. The van der Waals surface area contributed by atoms with E-state index in [0.29, 0.717) is 13.0 Å². The number of ether oxygens (including phenoxy) is 1. The zero-order chi connectivity index (χ0) is 11.1. The Bertz CT molecular complexity index is 323. The summed E-state index contributed by atoms with van der Waals surface area (Å²) < 4.78 is 5.46. The van der Waals surface area contributed by atoms with E-state index < -0.39 is 0 Å². The van der Waals surface area contributed by atoms with Crippen molar-refractivity contribution in [1.82, 2.24) is 5.32 Å². The lowest BCUT2D eigenvalue weighted by atomic mass is 10.2. The normalized spacial score (nSPS) is 9.73. The van der Waals surface area contributed by atoms with Crippen molar-refractivity contribution >= 4 is 5.91 Å². The Morgan fingerprint density at radius 2 is 2.27 bits per heavy atom. The summed E-state index contributed by atoms with van der Waals surface area (Å²) in [6.45, 7) is 2.52. The van der Waals surface area contributed by atoms with Crippen molar-refractivity contribution in [2.45, 2.75) is 19.8 Å². The van der Waals surface area contributed by atoms with Gasteiger partial charge in [-0.3, -0.25) is 4.79 Å². The fourth-order valence-corrected chi connectivity index (χ4v) is 1.24. The van der Waals surface area contributed by atoms with Gasteiger partial charge in [-0.25, -0.2) is 0 Å². The van der Waals surface area contributed by atoms with Gasteiger partial charge in [0.15, 0.2) is 0 Å². The molecular weight excluding hydrogens is 190 g/mol. The molecule has 15 heavy (non-hydrogen) atoms. The summed E-state index contributed by atoms with van der Waals surface area (Å²) in [7, 11) is 1.63. The number of benzene rings is 1. The predicted molar refractivity (Wildman–Crippen MR) is 60.0 cm³/mol. The summed E-state index contributed by atoms with van der Waals surface area (Å²) in [4.78, 5) is 10.9. The molecule has 3 heteroatoms. The van der Waals surface area contributed by atoms with Gasteiger partial charge in [0.05, 0.1) is 13.0 Å². The maximum Gasteiger partial charge on any atom is 0.223 e. The summed E-state index contributed by atoms with van der Waals surface area (Å²) in [5, 5.41) is 2.55. The first kappa shape index (κ1) is 11.6. The number of nitrogens with one attached hydrogen (secondary N) is 1. The molecule has 0 aliphatic rings. The van der Waals surface area contributed by atoms with Gasteiger partial charge in [-0.1, -0.05) is 19.1 Å². The van der Waals surface area contributed by atoms with Crippen LogP contribution in [0.25, 0.3) is 0 Å². The average molecular weight is 207 g/mol. The molecule has 0 bridgehead atoms. The first-order valence-electron chi connectivity index (χ1n) is 5.18. The van der Waals surface area contributed by atoms with Crippen LogP contribution in [0, 0.1) is 0 Å². The van der Waals surface area contributed by atoms with Crippen LogP contribution in [0.15, 0.2) is 24.3 Å². The van der Waals surface area contributed by atoms with Crippen molar-refractivity contribution in [2.24, 2.45) is 0 Å².